The molecular weight excluding hydrogens is 310 g/mol. The van der Waals surface area contributed by atoms with Crippen LogP contribution in [0.1, 0.15) is 30.9 Å². The monoisotopic (exact) mass is 338 g/mol. The third-order valence-electron chi connectivity index (χ3n) is 5.43. The first kappa shape index (κ1) is 17.7. The summed E-state index contributed by atoms with van der Waals surface area (Å²) in [6.07, 6.45) is 1.88. The van der Waals surface area contributed by atoms with Crippen LogP contribution in [0.3, 0.4) is 0 Å². The molecule has 2 aromatic rings. The summed E-state index contributed by atoms with van der Waals surface area (Å²) in [4.78, 5) is 12.0. The number of nitrogens with zero attached hydrogens (tertiary/aromatic N) is 1. The number of benzene rings is 2. The van der Waals surface area contributed by atoms with Crippen molar-refractivity contribution in [2.24, 2.45) is 0 Å². The van der Waals surface area contributed by atoms with Crippen molar-refractivity contribution in [3.63, 3.8) is 0 Å². The van der Waals surface area contributed by atoms with Crippen molar-refractivity contribution in [1.82, 2.24) is 0 Å². The number of hydrogen-bond acceptors (Lipinski definition) is 2. The van der Waals surface area contributed by atoms with Crippen LogP contribution in [0.2, 0.25) is 0 Å². The summed E-state index contributed by atoms with van der Waals surface area (Å²) in [6.45, 7) is 3.41. The van der Waals surface area contributed by atoms with E-state index in [1.807, 2.05) is 12.1 Å². The van der Waals surface area contributed by atoms with Crippen LogP contribution in [0, 0.1) is 0 Å². The molecule has 0 bridgehead atoms. The molecule has 0 amide bonds. The molecule has 25 heavy (non-hydrogen) atoms. The molecule has 1 saturated heterocycles. The van der Waals surface area contributed by atoms with E-state index in [1.54, 1.807) is 0 Å². The molecule has 0 radical (unpaired) electrons. The summed E-state index contributed by atoms with van der Waals surface area (Å²) in [7, 11) is 4.45. The number of esters is 1. The Kier molecular flexibility index (Phi) is 4.96. The third kappa shape index (κ3) is 3.62. The fourth-order valence-electron chi connectivity index (χ4n) is 4.28. The lowest BCUT2D eigenvalue weighted by molar-refractivity contribution is -0.892. The average Bonchev–Trinajstić information content (AvgIpc) is 2.72. The van der Waals surface area contributed by atoms with E-state index < -0.39 is 0 Å². The van der Waals surface area contributed by atoms with Gasteiger partial charge >= 0.3 is 5.97 Å². The standard InChI is InChI=1S/C22H28NO2/c1-18(24)25-21-17-23(2,3)16-10-15-22(21,19-11-6-4-7-12-19)20-13-8-5-9-14-20/h4-9,11-14,21H,10,15-17H2,1-3H3/q+1/t21-/m0/s1. The van der Waals surface area contributed by atoms with E-state index in [2.05, 4.69) is 62.6 Å². The van der Waals surface area contributed by atoms with Gasteiger partial charge in [-0.25, -0.2) is 0 Å². The minimum atomic E-state index is -0.305. The number of hydrogen-bond donors (Lipinski definition) is 0. The van der Waals surface area contributed by atoms with Gasteiger partial charge < -0.3 is 9.22 Å². The molecule has 1 aliphatic heterocycles. The second-order valence-corrected chi connectivity index (χ2v) is 7.75. The predicted molar refractivity (Wildman–Crippen MR) is 100 cm³/mol. The molecule has 0 spiro atoms. The quantitative estimate of drug-likeness (QED) is 0.629. The first-order valence-electron chi connectivity index (χ1n) is 9.04. The summed E-state index contributed by atoms with van der Waals surface area (Å²) in [5.41, 5.74) is 2.16. The van der Waals surface area contributed by atoms with E-state index in [9.17, 15) is 4.79 Å². The normalized spacial score (nSPS) is 22.0. The van der Waals surface area contributed by atoms with Crippen LogP contribution < -0.4 is 0 Å². The van der Waals surface area contributed by atoms with Gasteiger partial charge in [0.05, 0.1) is 26.1 Å². The van der Waals surface area contributed by atoms with E-state index in [1.165, 1.54) is 18.1 Å². The Balaban J connectivity index is 2.21. The molecule has 0 aliphatic carbocycles. The molecule has 1 fully saturated rings. The van der Waals surface area contributed by atoms with Crippen molar-refractivity contribution in [2.45, 2.75) is 31.3 Å². The zero-order chi connectivity index (χ0) is 17.9. The highest BCUT2D eigenvalue weighted by Crippen LogP contribution is 2.43. The molecule has 1 heterocycles. The Morgan fingerprint density at radius 2 is 1.52 bits per heavy atom. The van der Waals surface area contributed by atoms with Crippen LogP contribution in [0.15, 0.2) is 60.7 Å². The second kappa shape index (κ2) is 7.01. The van der Waals surface area contributed by atoms with E-state index in [-0.39, 0.29) is 17.5 Å². The molecule has 1 aliphatic rings. The van der Waals surface area contributed by atoms with Crippen molar-refractivity contribution in [3.8, 4) is 0 Å². The number of quaternary nitrogens is 1. The highest BCUT2D eigenvalue weighted by molar-refractivity contribution is 5.66. The lowest BCUT2D eigenvalue weighted by Gasteiger charge is -2.41. The lowest BCUT2D eigenvalue weighted by Crippen LogP contribution is -2.52. The molecule has 132 valence electrons. The maximum Gasteiger partial charge on any atom is 0.303 e. The summed E-state index contributed by atoms with van der Waals surface area (Å²) in [5.74, 6) is -0.205. The number of carbonyl (C=O) groups excluding carboxylic acids is 1. The number of ether oxygens (including phenoxy) is 1. The Labute approximate surface area is 150 Å². The van der Waals surface area contributed by atoms with Crippen LogP contribution in [-0.2, 0) is 14.9 Å². The van der Waals surface area contributed by atoms with E-state index >= 15 is 0 Å². The number of carbonyl (C=O) groups is 1. The van der Waals surface area contributed by atoms with Crippen molar-refractivity contribution in [2.75, 3.05) is 27.2 Å². The first-order chi connectivity index (χ1) is 11.9. The Bertz CT molecular complexity index is 670. The molecule has 1 atom stereocenters. The fourth-order valence-corrected chi connectivity index (χ4v) is 4.28. The van der Waals surface area contributed by atoms with Crippen LogP contribution in [0.25, 0.3) is 0 Å². The molecule has 0 saturated carbocycles. The number of likely N-dealkylation sites (tertiary alicyclic amines) is 1. The molecule has 0 N–H and O–H groups in total. The minimum Gasteiger partial charge on any atom is -0.455 e. The summed E-state index contributed by atoms with van der Waals surface area (Å²) in [6, 6.07) is 21.1. The van der Waals surface area contributed by atoms with Gasteiger partial charge in [0.25, 0.3) is 0 Å². The highest BCUT2D eigenvalue weighted by atomic mass is 16.5. The largest absolute Gasteiger partial charge is 0.455 e. The van der Waals surface area contributed by atoms with Crippen LogP contribution in [0.4, 0.5) is 0 Å². The number of rotatable bonds is 3. The maximum absolute atomic E-state index is 12.0. The van der Waals surface area contributed by atoms with Gasteiger partial charge in [-0.1, -0.05) is 60.7 Å². The van der Waals surface area contributed by atoms with Crippen molar-refractivity contribution < 1.29 is 14.0 Å². The van der Waals surface area contributed by atoms with Gasteiger partial charge in [0.1, 0.15) is 6.54 Å². The maximum atomic E-state index is 12.0. The van der Waals surface area contributed by atoms with Crippen LogP contribution in [0.5, 0.6) is 0 Å². The van der Waals surface area contributed by atoms with Gasteiger partial charge in [-0.05, 0) is 24.0 Å². The Morgan fingerprint density at radius 1 is 1.00 bits per heavy atom. The van der Waals surface area contributed by atoms with Crippen LogP contribution in [-0.4, -0.2) is 43.7 Å². The van der Waals surface area contributed by atoms with Crippen LogP contribution >= 0.6 is 0 Å². The highest BCUT2D eigenvalue weighted by Gasteiger charge is 2.48. The third-order valence-corrected chi connectivity index (χ3v) is 5.43. The van der Waals surface area contributed by atoms with Gasteiger partial charge in [-0.15, -0.1) is 0 Å². The molecule has 0 aromatic heterocycles. The average molecular weight is 338 g/mol. The predicted octanol–water partition coefficient (Wildman–Crippen LogP) is 3.77. The van der Waals surface area contributed by atoms with Gasteiger partial charge in [0, 0.05) is 6.92 Å². The zero-order valence-corrected chi connectivity index (χ0v) is 15.4. The first-order valence-corrected chi connectivity index (χ1v) is 9.04. The van der Waals surface area contributed by atoms with Crippen molar-refractivity contribution in [1.29, 1.82) is 0 Å². The molecule has 3 heteroatoms. The molecule has 0 unspecified atom stereocenters. The van der Waals surface area contributed by atoms with E-state index in [0.717, 1.165) is 30.4 Å². The fraction of sp³-hybridized carbons (Fsp3) is 0.409. The number of likely N-dealkylation sites (N-methyl/N-ethyl adjacent to an activating group) is 1. The lowest BCUT2D eigenvalue weighted by atomic mass is 9.67. The Hall–Kier alpha value is -2.13. The smallest absolute Gasteiger partial charge is 0.303 e. The van der Waals surface area contributed by atoms with Gasteiger partial charge in [0.2, 0.25) is 0 Å². The second-order valence-electron chi connectivity index (χ2n) is 7.75. The van der Waals surface area contributed by atoms with Gasteiger partial charge in [-0.3, -0.25) is 4.79 Å². The SMILES string of the molecule is CC(=O)O[C@H]1C[N+](C)(C)CCCC1(c1ccccc1)c1ccccc1. The summed E-state index contributed by atoms with van der Waals surface area (Å²) in [5, 5.41) is 0. The molecule has 3 rings (SSSR count). The Morgan fingerprint density at radius 3 is 2.00 bits per heavy atom. The van der Waals surface area contributed by atoms with Gasteiger partial charge in [-0.2, -0.15) is 0 Å². The summed E-state index contributed by atoms with van der Waals surface area (Å²) < 4.78 is 6.84. The van der Waals surface area contributed by atoms with Gasteiger partial charge in [0.15, 0.2) is 6.10 Å². The van der Waals surface area contributed by atoms with E-state index in [4.69, 9.17) is 4.74 Å². The minimum absolute atomic E-state index is 0.188. The zero-order valence-electron chi connectivity index (χ0n) is 15.4. The molecule has 3 nitrogen and oxygen atoms in total. The molecular formula is C22H28NO2+. The van der Waals surface area contributed by atoms with E-state index in [0.29, 0.717) is 0 Å². The van der Waals surface area contributed by atoms with Crippen molar-refractivity contribution in [3.05, 3.63) is 71.8 Å². The summed E-state index contributed by atoms with van der Waals surface area (Å²) >= 11 is 0. The molecule has 2 aromatic carbocycles. The topological polar surface area (TPSA) is 26.3 Å². The van der Waals surface area contributed by atoms with Crippen molar-refractivity contribution >= 4 is 5.97 Å².